The molecule has 0 N–H and O–H groups in total. The van der Waals surface area contributed by atoms with Crippen molar-refractivity contribution in [3.63, 3.8) is 0 Å². The number of hydrogen-bond acceptors (Lipinski definition) is 0. The van der Waals surface area contributed by atoms with Gasteiger partial charge in [0.25, 0.3) is 0 Å². The Balaban J connectivity index is 2.38. The lowest BCUT2D eigenvalue weighted by Crippen LogP contribution is -2.06. The van der Waals surface area contributed by atoms with Crippen molar-refractivity contribution in [3.8, 4) is 0 Å². The smallest absolute Gasteiger partial charge is 0.0289 e. The first kappa shape index (κ1) is 7.58. The van der Waals surface area contributed by atoms with Gasteiger partial charge >= 0.3 is 0 Å². The number of halogens is 1. The summed E-state index contributed by atoms with van der Waals surface area (Å²) >= 11 is 2.50. The highest BCUT2D eigenvalue weighted by molar-refractivity contribution is 14.1. The molecule has 0 bridgehead atoms. The summed E-state index contributed by atoms with van der Waals surface area (Å²) in [6.45, 7) is 2.27. The van der Waals surface area contributed by atoms with Crippen LogP contribution in [0.4, 0.5) is 0 Å². The van der Waals surface area contributed by atoms with E-state index < -0.39 is 0 Å². The van der Waals surface area contributed by atoms with Gasteiger partial charge in [0, 0.05) is 3.92 Å². The van der Waals surface area contributed by atoms with Crippen molar-refractivity contribution in [3.05, 3.63) is 12.2 Å². The Kier molecular flexibility index (Phi) is 3.02. The summed E-state index contributed by atoms with van der Waals surface area (Å²) in [5.74, 6) is 0.885. The van der Waals surface area contributed by atoms with Crippen LogP contribution in [-0.2, 0) is 0 Å². The van der Waals surface area contributed by atoms with Gasteiger partial charge in [0.05, 0.1) is 0 Å². The molecule has 0 aromatic heterocycles. The van der Waals surface area contributed by atoms with E-state index in [0.29, 0.717) is 0 Å². The second-order valence-electron chi connectivity index (χ2n) is 2.65. The largest absolute Gasteiger partial charge is 0.0844 e. The molecular formula is C8H13I. The van der Waals surface area contributed by atoms with Gasteiger partial charge in [0.15, 0.2) is 0 Å². The van der Waals surface area contributed by atoms with Gasteiger partial charge in [-0.05, 0) is 25.2 Å². The molecule has 0 nitrogen and oxygen atoms in total. The Morgan fingerprint density at radius 1 is 1.44 bits per heavy atom. The SMILES string of the molecule is CCC1C=CC(I)CC1. The zero-order valence-electron chi connectivity index (χ0n) is 5.81. The van der Waals surface area contributed by atoms with Crippen LogP contribution < -0.4 is 0 Å². The topological polar surface area (TPSA) is 0 Å². The third kappa shape index (κ3) is 2.28. The first-order valence-corrected chi connectivity index (χ1v) is 4.90. The molecule has 0 heterocycles. The lowest BCUT2D eigenvalue weighted by molar-refractivity contribution is 0.536. The molecule has 1 aliphatic rings. The van der Waals surface area contributed by atoms with Gasteiger partial charge in [0.2, 0.25) is 0 Å². The standard InChI is InChI=1S/C8H13I/c1-2-7-3-5-8(9)6-4-7/h3,5,7-8H,2,4,6H2,1H3. The van der Waals surface area contributed by atoms with Gasteiger partial charge in [0.1, 0.15) is 0 Å². The fourth-order valence-corrected chi connectivity index (χ4v) is 1.78. The Morgan fingerprint density at radius 2 is 2.22 bits per heavy atom. The van der Waals surface area contributed by atoms with Crippen LogP contribution >= 0.6 is 22.6 Å². The summed E-state index contributed by atoms with van der Waals surface area (Å²) in [5, 5.41) is 0. The van der Waals surface area contributed by atoms with Crippen LogP contribution in [0.3, 0.4) is 0 Å². The third-order valence-corrected chi connectivity index (χ3v) is 2.97. The molecule has 2 unspecified atom stereocenters. The van der Waals surface area contributed by atoms with Crippen molar-refractivity contribution in [2.75, 3.05) is 0 Å². The third-order valence-electron chi connectivity index (χ3n) is 1.93. The summed E-state index contributed by atoms with van der Waals surface area (Å²) in [6, 6.07) is 0. The lowest BCUT2D eigenvalue weighted by Gasteiger charge is -2.16. The van der Waals surface area contributed by atoms with E-state index in [1.807, 2.05) is 0 Å². The number of rotatable bonds is 1. The van der Waals surface area contributed by atoms with Crippen molar-refractivity contribution in [1.82, 2.24) is 0 Å². The monoisotopic (exact) mass is 236 g/mol. The maximum Gasteiger partial charge on any atom is 0.0289 e. The van der Waals surface area contributed by atoms with Crippen molar-refractivity contribution >= 4 is 22.6 Å². The fraction of sp³-hybridized carbons (Fsp3) is 0.750. The summed E-state index contributed by atoms with van der Waals surface area (Å²) in [5.41, 5.74) is 0. The number of alkyl halides is 1. The maximum absolute atomic E-state index is 2.50. The van der Waals surface area contributed by atoms with Gasteiger partial charge in [-0.2, -0.15) is 0 Å². The molecule has 1 aliphatic carbocycles. The zero-order chi connectivity index (χ0) is 6.69. The molecule has 0 saturated carbocycles. The molecule has 0 aliphatic heterocycles. The van der Waals surface area contributed by atoms with E-state index in [4.69, 9.17) is 0 Å². The highest BCUT2D eigenvalue weighted by Crippen LogP contribution is 2.24. The van der Waals surface area contributed by atoms with E-state index in [-0.39, 0.29) is 0 Å². The summed E-state index contributed by atoms with van der Waals surface area (Å²) in [7, 11) is 0. The van der Waals surface area contributed by atoms with E-state index in [9.17, 15) is 0 Å². The Labute approximate surface area is 70.9 Å². The van der Waals surface area contributed by atoms with Crippen LogP contribution in [-0.4, -0.2) is 3.92 Å². The second-order valence-corrected chi connectivity index (χ2v) is 4.25. The predicted molar refractivity (Wildman–Crippen MR) is 50.0 cm³/mol. The average Bonchev–Trinajstić information content (AvgIpc) is 1.90. The minimum absolute atomic E-state index is 0.811. The van der Waals surface area contributed by atoms with Gasteiger partial charge in [-0.3, -0.25) is 0 Å². The van der Waals surface area contributed by atoms with E-state index in [1.54, 1.807) is 0 Å². The van der Waals surface area contributed by atoms with Gasteiger partial charge in [-0.15, -0.1) is 0 Å². The van der Waals surface area contributed by atoms with Gasteiger partial charge in [-0.1, -0.05) is 41.7 Å². The van der Waals surface area contributed by atoms with E-state index in [2.05, 4.69) is 41.7 Å². The minimum Gasteiger partial charge on any atom is -0.0844 e. The van der Waals surface area contributed by atoms with Crippen molar-refractivity contribution in [2.24, 2.45) is 5.92 Å². The van der Waals surface area contributed by atoms with E-state index in [1.165, 1.54) is 19.3 Å². The zero-order valence-corrected chi connectivity index (χ0v) is 7.97. The van der Waals surface area contributed by atoms with Crippen LogP contribution in [0.15, 0.2) is 12.2 Å². The molecule has 1 rings (SSSR count). The Bertz CT molecular complexity index is 107. The maximum atomic E-state index is 2.50. The van der Waals surface area contributed by atoms with E-state index >= 15 is 0 Å². The molecule has 0 saturated heterocycles. The van der Waals surface area contributed by atoms with Crippen LogP contribution in [0.25, 0.3) is 0 Å². The highest BCUT2D eigenvalue weighted by Gasteiger charge is 2.10. The quantitative estimate of drug-likeness (QED) is 0.372. The summed E-state index contributed by atoms with van der Waals surface area (Å²) in [6.07, 6.45) is 8.83. The van der Waals surface area contributed by atoms with Crippen molar-refractivity contribution in [2.45, 2.75) is 30.1 Å². The molecule has 0 aromatic rings. The van der Waals surface area contributed by atoms with Crippen LogP contribution in [0.1, 0.15) is 26.2 Å². The van der Waals surface area contributed by atoms with E-state index in [0.717, 1.165) is 9.84 Å². The molecule has 2 atom stereocenters. The lowest BCUT2D eigenvalue weighted by atomic mass is 9.94. The normalized spacial score (nSPS) is 34.9. The average molecular weight is 236 g/mol. The molecule has 0 fully saturated rings. The van der Waals surface area contributed by atoms with Crippen molar-refractivity contribution < 1.29 is 0 Å². The van der Waals surface area contributed by atoms with Crippen LogP contribution in [0.2, 0.25) is 0 Å². The molecule has 1 heteroatoms. The summed E-state index contributed by atoms with van der Waals surface area (Å²) < 4.78 is 0.811. The molecule has 0 amide bonds. The first-order valence-electron chi connectivity index (χ1n) is 3.65. The number of allylic oxidation sites excluding steroid dienone is 2. The molecule has 0 aromatic carbocycles. The fourth-order valence-electron chi connectivity index (χ4n) is 1.18. The molecule has 0 radical (unpaired) electrons. The molecule has 0 spiro atoms. The highest BCUT2D eigenvalue weighted by atomic mass is 127. The van der Waals surface area contributed by atoms with Gasteiger partial charge < -0.3 is 0 Å². The second kappa shape index (κ2) is 3.59. The first-order chi connectivity index (χ1) is 4.33. The Morgan fingerprint density at radius 3 is 2.67 bits per heavy atom. The van der Waals surface area contributed by atoms with Gasteiger partial charge in [-0.25, -0.2) is 0 Å². The molecule has 9 heavy (non-hydrogen) atoms. The van der Waals surface area contributed by atoms with Crippen LogP contribution in [0, 0.1) is 5.92 Å². The minimum atomic E-state index is 0.811. The molecule has 52 valence electrons. The molecular weight excluding hydrogens is 223 g/mol. The predicted octanol–water partition coefficient (Wildman–Crippen LogP) is 3.17. The Hall–Kier alpha value is 0.470. The van der Waals surface area contributed by atoms with Crippen molar-refractivity contribution in [1.29, 1.82) is 0 Å². The number of hydrogen-bond donors (Lipinski definition) is 0. The summed E-state index contributed by atoms with van der Waals surface area (Å²) in [4.78, 5) is 0. The van der Waals surface area contributed by atoms with Crippen LogP contribution in [0.5, 0.6) is 0 Å².